The molecule has 2 aromatic rings. The van der Waals surface area contributed by atoms with Gasteiger partial charge in [0.25, 0.3) is 5.22 Å². The molecule has 6 heteroatoms. The summed E-state index contributed by atoms with van der Waals surface area (Å²) >= 11 is 1.28. The first-order valence-electron chi connectivity index (χ1n) is 9.22. The number of thioether (sulfide) groups is 1. The summed E-state index contributed by atoms with van der Waals surface area (Å²) in [7, 11) is 0. The van der Waals surface area contributed by atoms with E-state index in [1.165, 1.54) is 49.6 Å². The maximum atomic E-state index is 13.0. The minimum absolute atomic E-state index is 0.0202. The lowest BCUT2D eigenvalue weighted by molar-refractivity contribution is -0.119. The molecular weight excluding hydrogens is 351 g/mol. The molecule has 0 spiro atoms. The third kappa shape index (κ3) is 3.80. The molecule has 1 aromatic heterocycles. The Labute approximate surface area is 157 Å². The van der Waals surface area contributed by atoms with Gasteiger partial charge in [-0.2, -0.15) is 0 Å². The number of hydrogen-bond acceptors (Lipinski definition) is 4. The molecule has 1 N–H and O–H groups in total. The maximum Gasteiger partial charge on any atom is 0.256 e. The predicted octanol–water partition coefficient (Wildman–Crippen LogP) is 4.51. The average Bonchev–Trinajstić information content (AvgIpc) is 3.37. The van der Waals surface area contributed by atoms with E-state index in [-0.39, 0.29) is 23.5 Å². The maximum absolute atomic E-state index is 13.0. The van der Waals surface area contributed by atoms with Gasteiger partial charge in [-0.1, -0.05) is 18.2 Å². The molecule has 0 saturated heterocycles. The van der Waals surface area contributed by atoms with Crippen molar-refractivity contribution in [1.29, 1.82) is 0 Å². The number of halogens is 1. The minimum atomic E-state index is -0.288. The largest absolute Gasteiger partial charge is 0.431 e. The SMILES string of the molecule is CC(NC(=O)CSc1ncc(-c2ccc(F)cc2)o1)C1CC2CCC1C2. The normalized spacial score (nSPS) is 25.4. The summed E-state index contributed by atoms with van der Waals surface area (Å²) in [5, 5.41) is 3.60. The van der Waals surface area contributed by atoms with E-state index in [0.29, 0.717) is 16.9 Å². The number of oxazole rings is 1. The highest BCUT2D eigenvalue weighted by molar-refractivity contribution is 7.99. The Bertz CT molecular complexity index is 776. The van der Waals surface area contributed by atoms with Gasteiger partial charge in [0.05, 0.1) is 11.9 Å². The van der Waals surface area contributed by atoms with E-state index >= 15 is 0 Å². The molecule has 1 heterocycles. The smallest absolute Gasteiger partial charge is 0.256 e. The molecular formula is C20H23FN2O2S. The zero-order chi connectivity index (χ0) is 18.1. The molecule has 4 unspecified atom stereocenters. The Morgan fingerprint density at radius 1 is 1.35 bits per heavy atom. The number of carbonyl (C=O) groups excluding carboxylic acids is 1. The first kappa shape index (κ1) is 17.6. The van der Waals surface area contributed by atoms with Crippen LogP contribution in [-0.2, 0) is 4.79 Å². The van der Waals surface area contributed by atoms with Crippen molar-refractivity contribution < 1.29 is 13.6 Å². The summed E-state index contributed by atoms with van der Waals surface area (Å²) in [6.07, 6.45) is 6.92. The van der Waals surface area contributed by atoms with Crippen LogP contribution in [0.25, 0.3) is 11.3 Å². The van der Waals surface area contributed by atoms with E-state index in [0.717, 1.165) is 17.4 Å². The number of benzene rings is 1. The lowest BCUT2D eigenvalue weighted by Crippen LogP contribution is -2.40. The summed E-state index contributed by atoms with van der Waals surface area (Å²) < 4.78 is 18.6. The minimum Gasteiger partial charge on any atom is -0.431 e. The lowest BCUT2D eigenvalue weighted by Gasteiger charge is -2.28. The standard InChI is InChI=1S/C20H23FN2O2S/c1-12(17-9-13-2-3-15(17)8-13)23-19(24)11-26-20-22-10-18(25-20)14-4-6-16(21)7-5-14/h4-7,10,12-13,15,17H,2-3,8-9,11H2,1H3,(H,23,24). The molecule has 4 atom stereocenters. The summed E-state index contributed by atoms with van der Waals surface area (Å²) in [4.78, 5) is 16.5. The summed E-state index contributed by atoms with van der Waals surface area (Å²) in [6, 6.07) is 6.30. The van der Waals surface area contributed by atoms with Crippen LogP contribution in [0.5, 0.6) is 0 Å². The van der Waals surface area contributed by atoms with Gasteiger partial charge >= 0.3 is 0 Å². The van der Waals surface area contributed by atoms with Crippen molar-refractivity contribution in [2.45, 2.75) is 43.9 Å². The molecule has 138 valence electrons. The third-order valence-electron chi connectivity index (χ3n) is 5.76. The van der Waals surface area contributed by atoms with Gasteiger partial charge in [0.15, 0.2) is 5.76 Å². The number of aromatic nitrogens is 1. The van der Waals surface area contributed by atoms with Crippen LogP contribution < -0.4 is 5.32 Å². The number of rotatable bonds is 6. The summed E-state index contributed by atoms with van der Waals surface area (Å²) in [6.45, 7) is 2.13. The van der Waals surface area contributed by atoms with Crippen molar-refractivity contribution >= 4 is 17.7 Å². The van der Waals surface area contributed by atoms with Gasteiger partial charge < -0.3 is 9.73 Å². The van der Waals surface area contributed by atoms with E-state index in [4.69, 9.17) is 4.42 Å². The highest BCUT2D eigenvalue weighted by Gasteiger charge is 2.42. The molecule has 2 fully saturated rings. The Kier molecular flexibility index (Phi) is 5.02. The van der Waals surface area contributed by atoms with Crippen LogP contribution in [0, 0.1) is 23.6 Å². The number of nitrogens with one attached hydrogen (secondary N) is 1. The zero-order valence-corrected chi connectivity index (χ0v) is 15.6. The quantitative estimate of drug-likeness (QED) is 0.756. The fourth-order valence-corrected chi connectivity index (χ4v) is 5.12. The van der Waals surface area contributed by atoms with Crippen molar-refractivity contribution in [1.82, 2.24) is 10.3 Å². The Balaban J connectivity index is 1.27. The van der Waals surface area contributed by atoms with Gasteiger partial charge in [0.1, 0.15) is 5.82 Å². The van der Waals surface area contributed by atoms with E-state index < -0.39 is 0 Å². The van der Waals surface area contributed by atoms with Gasteiger partial charge in [-0.05, 0) is 68.2 Å². The highest BCUT2D eigenvalue weighted by atomic mass is 32.2. The van der Waals surface area contributed by atoms with Gasteiger partial charge in [0, 0.05) is 11.6 Å². The van der Waals surface area contributed by atoms with Crippen LogP contribution in [0.2, 0.25) is 0 Å². The fourth-order valence-electron chi connectivity index (χ4n) is 4.51. The first-order chi connectivity index (χ1) is 12.6. The van der Waals surface area contributed by atoms with Gasteiger partial charge in [-0.25, -0.2) is 9.37 Å². The Hall–Kier alpha value is -1.82. The molecule has 2 bridgehead atoms. The fraction of sp³-hybridized carbons (Fsp3) is 0.500. The highest BCUT2D eigenvalue weighted by Crippen LogP contribution is 2.49. The van der Waals surface area contributed by atoms with Crippen molar-refractivity contribution in [2.24, 2.45) is 17.8 Å². The molecule has 26 heavy (non-hydrogen) atoms. The zero-order valence-electron chi connectivity index (χ0n) is 14.8. The van der Waals surface area contributed by atoms with Crippen LogP contribution in [0.15, 0.2) is 40.1 Å². The number of nitrogens with zero attached hydrogens (tertiary/aromatic N) is 1. The molecule has 2 saturated carbocycles. The van der Waals surface area contributed by atoms with Crippen LogP contribution in [-0.4, -0.2) is 22.7 Å². The summed E-state index contributed by atoms with van der Waals surface area (Å²) in [5.41, 5.74) is 0.764. The van der Waals surface area contributed by atoms with Crippen molar-refractivity contribution in [3.05, 3.63) is 36.3 Å². The second-order valence-corrected chi connectivity index (χ2v) is 8.41. The lowest BCUT2D eigenvalue weighted by atomic mass is 9.84. The second kappa shape index (κ2) is 7.43. The Morgan fingerprint density at radius 2 is 2.15 bits per heavy atom. The first-order valence-corrected chi connectivity index (χ1v) is 10.2. The average molecular weight is 374 g/mol. The molecule has 1 amide bonds. The number of fused-ring (bicyclic) bond motifs is 2. The van der Waals surface area contributed by atoms with Crippen molar-refractivity contribution in [3.8, 4) is 11.3 Å². The van der Waals surface area contributed by atoms with Crippen LogP contribution >= 0.6 is 11.8 Å². The Morgan fingerprint density at radius 3 is 2.85 bits per heavy atom. The second-order valence-electron chi connectivity index (χ2n) is 7.48. The monoisotopic (exact) mass is 374 g/mol. The van der Waals surface area contributed by atoms with E-state index in [9.17, 15) is 9.18 Å². The van der Waals surface area contributed by atoms with Crippen molar-refractivity contribution in [3.63, 3.8) is 0 Å². The number of amides is 1. The molecule has 2 aliphatic carbocycles. The van der Waals surface area contributed by atoms with Gasteiger partial charge in [-0.3, -0.25) is 4.79 Å². The molecule has 2 aliphatic rings. The number of carbonyl (C=O) groups is 1. The predicted molar refractivity (Wildman–Crippen MR) is 99.2 cm³/mol. The summed E-state index contributed by atoms with van der Waals surface area (Å²) in [5.74, 6) is 2.91. The van der Waals surface area contributed by atoms with Crippen LogP contribution in [0.1, 0.15) is 32.6 Å². The molecule has 1 aromatic carbocycles. The molecule has 4 nitrogen and oxygen atoms in total. The van der Waals surface area contributed by atoms with Gasteiger partial charge in [0.2, 0.25) is 5.91 Å². The van der Waals surface area contributed by atoms with Crippen LogP contribution in [0.4, 0.5) is 4.39 Å². The molecule has 0 aliphatic heterocycles. The van der Waals surface area contributed by atoms with E-state index in [2.05, 4.69) is 17.2 Å². The van der Waals surface area contributed by atoms with Gasteiger partial charge in [-0.15, -0.1) is 0 Å². The molecule has 0 radical (unpaired) electrons. The van der Waals surface area contributed by atoms with Crippen LogP contribution in [0.3, 0.4) is 0 Å². The van der Waals surface area contributed by atoms with E-state index in [1.807, 2.05) is 0 Å². The van der Waals surface area contributed by atoms with Crippen molar-refractivity contribution in [2.75, 3.05) is 5.75 Å². The molecule has 4 rings (SSSR count). The number of hydrogen-bond donors (Lipinski definition) is 1. The topological polar surface area (TPSA) is 55.1 Å². The third-order valence-corrected chi connectivity index (χ3v) is 6.61. The van der Waals surface area contributed by atoms with E-state index in [1.54, 1.807) is 18.3 Å².